The average Bonchev–Trinajstić information content (AvgIpc) is 2.97. The molecule has 0 atom stereocenters. The Morgan fingerprint density at radius 2 is 1.57 bits per heavy atom. The van der Waals surface area contributed by atoms with E-state index in [9.17, 15) is 9.59 Å². The van der Waals surface area contributed by atoms with E-state index in [2.05, 4.69) is 10.6 Å². The van der Waals surface area contributed by atoms with Crippen molar-refractivity contribution in [3.63, 3.8) is 0 Å². The van der Waals surface area contributed by atoms with Crippen molar-refractivity contribution in [3.8, 4) is 0 Å². The first-order valence-corrected chi connectivity index (χ1v) is 10.0. The molecule has 1 fully saturated rings. The fourth-order valence-corrected chi connectivity index (χ4v) is 3.65. The van der Waals surface area contributed by atoms with E-state index >= 15 is 0 Å². The Labute approximate surface area is 167 Å². The van der Waals surface area contributed by atoms with Crippen molar-refractivity contribution in [1.29, 1.82) is 0 Å². The molecule has 1 aliphatic rings. The Morgan fingerprint density at radius 3 is 2.25 bits per heavy atom. The van der Waals surface area contributed by atoms with Gasteiger partial charge < -0.3 is 15.5 Å². The van der Waals surface area contributed by atoms with E-state index in [4.69, 9.17) is 0 Å². The summed E-state index contributed by atoms with van der Waals surface area (Å²) in [6, 6.07) is 13.3. The third kappa shape index (κ3) is 5.12. The van der Waals surface area contributed by atoms with E-state index in [-0.39, 0.29) is 18.4 Å². The summed E-state index contributed by atoms with van der Waals surface area (Å²) in [4.78, 5) is 27.1. The summed E-state index contributed by atoms with van der Waals surface area (Å²) in [7, 11) is 0. The van der Waals surface area contributed by atoms with Gasteiger partial charge >= 0.3 is 0 Å². The van der Waals surface area contributed by atoms with Crippen molar-refractivity contribution >= 4 is 23.2 Å². The van der Waals surface area contributed by atoms with Crippen molar-refractivity contribution in [2.75, 3.05) is 30.3 Å². The number of carbonyl (C=O) groups excluding carboxylic acids is 2. The molecule has 0 saturated carbocycles. The van der Waals surface area contributed by atoms with Crippen LogP contribution in [0.1, 0.15) is 47.2 Å². The van der Waals surface area contributed by atoms with Crippen molar-refractivity contribution in [1.82, 2.24) is 4.90 Å². The van der Waals surface area contributed by atoms with Gasteiger partial charge in [-0.1, -0.05) is 37.1 Å². The highest BCUT2D eigenvalue weighted by molar-refractivity contribution is 5.98. The van der Waals surface area contributed by atoms with Crippen molar-refractivity contribution < 1.29 is 9.59 Å². The van der Waals surface area contributed by atoms with E-state index in [1.165, 1.54) is 12.8 Å². The summed E-state index contributed by atoms with van der Waals surface area (Å²) in [5, 5.41) is 6.10. The van der Waals surface area contributed by atoms with Crippen molar-refractivity contribution in [2.24, 2.45) is 0 Å². The van der Waals surface area contributed by atoms with Gasteiger partial charge in [-0.3, -0.25) is 9.59 Å². The van der Waals surface area contributed by atoms with E-state index in [0.29, 0.717) is 11.3 Å². The van der Waals surface area contributed by atoms with Crippen LogP contribution in [-0.2, 0) is 4.79 Å². The average molecular weight is 380 g/mol. The zero-order valence-corrected chi connectivity index (χ0v) is 16.8. The van der Waals surface area contributed by atoms with E-state index in [1.54, 1.807) is 6.07 Å². The lowest BCUT2D eigenvalue weighted by molar-refractivity contribution is -0.114. The highest BCUT2D eigenvalue weighted by Crippen LogP contribution is 2.19. The molecular weight excluding hydrogens is 350 g/mol. The second kappa shape index (κ2) is 9.40. The zero-order chi connectivity index (χ0) is 19.9. The number of anilines is 2. The van der Waals surface area contributed by atoms with E-state index in [1.807, 2.05) is 55.1 Å². The highest BCUT2D eigenvalue weighted by Gasteiger charge is 2.17. The quantitative estimate of drug-likeness (QED) is 0.811. The molecule has 1 heterocycles. The molecule has 2 aromatic carbocycles. The molecule has 2 aromatic rings. The number of carbonyl (C=O) groups is 2. The largest absolute Gasteiger partial charge is 0.376 e. The van der Waals surface area contributed by atoms with Crippen LogP contribution in [0.15, 0.2) is 42.5 Å². The second-order valence-corrected chi connectivity index (χ2v) is 7.46. The normalized spacial score (nSPS) is 14.3. The molecule has 28 heavy (non-hydrogen) atoms. The van der Waals surface area contributed by atoms with Crippen LogP contribution in [0.4, 0.5) is 11.4 Å². The van der Waals surface area contributed by atoms with Gasteiger partial charge in [0.2, 0.25) is 5.91 Å². The fourth-order valence-electron chi connectivity index (χ4n) is 3.65. The summed E-state index contributed by atoms with van der Waals surface area (Å²) in [5.41, 5.74) is 4.48. The van der Waals surface area contributed by atoms with Gasteiger partial charge in [0.05, 0.1) is 6.54 Å². The molecule has 0 spiro atoms. The lowest BCUT2D eigenvalue weighted by atomic mass is 10.1. The molecule has 2 N–H and O–H groups in total. The Bertz CT molecular complexity index is 819. The first-order chi connectivity index (χ1) is 13.5. The third-order valence-corrected chi connectivity index (χ3v) is 5.19. The lowest BCUT2D eigenvalue weighted by Crippen LogP contribution is -2.31. The molecule has 1 aliphatic heterocycles. The minimum Gasteiger partial charge on any atom is -0.376 e. The number of nitrogens with zero attached hydrogens (tertiary/aromatic N) is 1. The number of likely N-dealkylation sites (tertiary alicyclic amines) is 1. The van der Waals surface area contributed by atoms with Gasteiger partial charge in [0.15, 0.2) is 0 Å². The van der Waals surface area contributed by atoms with Crippen molar-refractivity contribution in [3.05, 3.63) is 59.2 Å². The van der Waals surface area contributed by atoms with Crippen LogP contribution in [-0.4, -0.2) is 36.3 Å². The van der Waals surface area contributed by atoms with Gasteiger partial charge in [-0.2, -0.15) is 0 Å². The first-order valence-electron chi connectivity index (χ1n) is 10.0. The molecule has 1 saturated heterocycles. The van der Waals surface area contributed by atoms with Gasteiger partial charge in [0.1, 0.15) is 0 Å². The number of para-hydroxylation sites is 1. The lowest BCUT2D eigenvalue weighted by Gasteiger charge is -2.20. The zero-order valence-electron chi connectivity index (χ0n) is 16.8. The number of hydrogen-bond acceptors (Lipinski definition) is 3. The summed E-state index contributed by atoms with van der Waals surface area (Å²) in [5.74, 6) is -0.0892. The maximum atomic E-state index is 12.8. The Kier molecular flexibility index (Phi) is 6.69. The van der Waals surface area contributed by atoms with Gasteiger partial charge in [-0.05, 0) is 56.0 Å². The Balaban J connectivity index is 1.60. The van der Waals surface area contributed by atoms with Crippen LogP contribution < -0.4 is 10.6 Å². The molecule has 5 nitrogen and oxygen atoms in total. The van der Waals surface area contributed by atoms with Crippen LogP contribution in [0.3, 0.4) is 0 Å². The molecule has 0 radical (unpaired) electrons. The fraction of sp³-hybridized carbons (Fsp3) is 0.391. The molecule has 3 rings (SSSR count). The molecular formula is C23H29N3O2. The smallest absolute Gasteiger partial charge is 0.253 e. The molecule has 0 aromatic heterocycles. The van der Waals surface area contributed by atoms with Gasteiger partial charge in [-0.15, -0.1) is 0 Å². The van der Waals surface area contributed by atoms with Gasteiger partial charge in [0, 0.05) is 30.0 Å². The van der Waals surface area contributed by atoms with Crippen molar-refractivity contribution in [2.45, 2.75) is 39.5 Å². The topological polar surface area (TPSA) is 61.4 Å². The number of benzene rings is 2. The monoisotopic (exact) mass is 379 g/mol. The summed E-state index contributed by atoms with van der Waals surface area (Å²) in [6.45, 7) is 5.84. The predicted octanol–water partition coefficient (Wildman–Crippen LogP) is 4.37. The number of aryl methyl sites for hydroxylation is 2. The number of hydrogen-bond donors (Lipinski definition) is 2. The van der Waals surface area contributed by atoms with Gasteiger partial charge in [-0.25, -0.2) is 0 Å². The number of amides is 2. The summed E-state index contributed by atoms with van der Waals surface area (Å²) in [6.07, 6.45) is 4.50. The molecule has 148 valence electrons. The van der Waals surface area contributed by atoms with Crippen LogP contribution >= 0.6 is 0 Å². The highest BCUT2D eigenvalue weighted by atomic mass is 16.2. The minimum atomic E-state index is -0.137. The van der Waals surface area contributed by atoms with E-state index in [0.717, 1.165) is 42.7 Å². The Morgan fingerprint density at radius 1 is 0.929 bits per heavy atom. The second-order valence-electron chi connectivity index (χ2n) is 7.46. The Hall–Kier alpha value is -2.82. The minimum absolute atomic E-state index is 0.0478. The first kappa shape index (κ1) is 19.9. The van der Waals surface area contributed by atoms with Crippen LogP contribution in [0.2, 0.25) is 0 Å². The van der Waals surface area contributed by atoms with Crippen LogP contribution in [0, 0.1) is 13.8 Å². The van der Waals surface area contributed by atoms with Crippen LogP contribution in [0.25, 0.3) is 0 Å². The van der Waals surface area contributed by atoms with Crippen LogP contribution in [0.5, 0.6) is 0 Å². The summed E-state index contributed by atoms with van der Waals surface area (Å²) < 4.78 is 0. The summed E-state index contributed by atoms with van der Waals surface area (Å²) >= 11 is 0. The molecule has 0 unspecified atom stereocenters. The van der Waals surface area contributed by atoms with Gasteiger partial charge in [0.25, 0.3) is 5.91 Å². The molecule has 5 heteroatoms. The molecule has 0 bridgehead atoms. The van der Waals surface area contributed by atoms with E-state index < -0.39 is 0 Å². The maximum absolute atomic E-state index is 12.8. The third-order valence-electron chi connectivity index (χ3n) is 5.19. The number of nitrogens with one attached hydrogen (secondary N) is 2. The SMILES string of the molecule is Cc1cccc(C)c1NCC(=O)Nc1cccc(C(=O)N2CCCCCC2)c1. The maximum Gasteiger partial charge on any atom is 0.253 e. The molecule has 2 amide bonds. The molecule has 0 aliphatic carbocycles. The standard InChI is InChI=1S/C23H29N3O2/c1-17-9-7-10-18(2)22(17)24-16-21(27)25-20-12-8-11-19(15-20)23(28)26-13-5-3-4-6-14-26/h7-12,15,24H,3-6,13-14,16H2,1-2H3,(H,25,27). The predicted molar refractivity (Wildman–Crippen MR) is 114 cm³/mol. The number of rotatable bonds is 5.